The molecular weight excluding hydrogens is 352 g/mol. The number of H-pyrrole nitrogens is 1. The predicted molar refractivity (Wildman–Crippen MR) is 109 cm³/mol. The monoisotopic (exact) mass is 380 g/mol. The SMILES string of the molecule is CC(=O)c1c(C)[nH]c(C(=O)C(C)N2CCC(C(=O)c3ccccc3)CC2)c1C. The highest BCUT2D eigenvalue weighted by Crippen LogP contribution is 2.25. The molecule has 0 radical (unpaired) electrons. The normalized spacial score (nSPS) is 16.7. The second kappa shape index (κ2) is 8.23. The summed E-state index contributed by atoms with van der Waals surface area (Å²) in [7, 11) is 0. The smallest absolute Gasteiger partial charge is 0.196 e. The Morgan fingerprint density at radius 3 is 2.21 bits per heavy atom. The van der Waals surface area contributed by atoms with Gasteiger partial charge in [0.05, 0.1) is 11.7 Å². The summed E-state index contributed by atoms with van der Waals surface area (Å²) in [6.07, 6.45) is 1.51. The topological polar surface area (TPSA) is 70.2 Å². The van der Waals surface area contributed by atoms with E-state index in [1.807, 2.05) is 51.1 Å². The maximum atomic E-state index is 13.0. The molecule has 0 bridgehead atoms. The van der Waals surface area contributed by atoms with Crippen LogP contribution in [-0.4, -0.2) is 46.4 Å². The molecule has 0 aliphatic carbocycles. The van der Waals surface area contributed by atoms with E-state index in [1.165, 1.54) is 6.92 Å². The highest BCUT2D eigenvalue weighted by atomic mass is 16.1. The van der Waals surface area contributed by atoms with Crippen molar-refractivity contribution in [2.24, 2.45) is 5.92 Å². The van der Waals surface area contributed by atoms with Gasteiger partial charge >= 0.3 is 0 Å². The zero-order valence-corrected chi connectivity index (χ0v) is 17.0. The third kappa shape index (κ3) is 3.85. The fourth-order valence-corrected chi connectivity index (χ4v) is 4.29. The van der Waals surface area contributed by atoms with Crippen molar-refractivity contribution in [1.29, 1.82) is 0 Å². The summed E-state index contributed by atoms with van der Waals surface area (Å²) in [5, 5.41) is 0. The van der Waals surface area contributed by atoms with Gasteiger partial charge in [-0.3, -0.25) is 19.3 Å². The number of likely N-dealkylation sites (tertiary alicyclic amines) is 1. The molecular formula is C23H28N2O3. The van der Waals surface area contributed by atoms with E-state index in [-0.39, 0.29) is 29.3 Å². The number of Topliss-reactive ketones (excluding diaryl/α,β-unsaturated/α-hetero) is 3. The summed E-state index contributed by atoms with van der Waals surface area (Å²) in [4.78, 5) is 42.8. The van der Waals surface area contributed by atoms with Crippen molar-refractivity contribution >= 4 is 17.3 Å². The van der Waals surface area contributed by atoms with E-state index >= 15 is 0 Å². The van der Waals surface area contributed by atoms with Crippen LogP contribution in [0.25, 0.3) is 0 Å². The molecule has 5 heteroatoms. The Hall–Kier alpha value is -2.53. The van der Waals surface area contributed by atoms with Gasteiger partial charge in [0.2, 0.25) is 0 Å². The van der Waals surface area contributed by atoms with Crippen LogP contribution in [0.3, 0.4) is 0 Å². The van der Waals surface area contributed by atoms with Crippen LogP contribution in [-0.2, 0) is 0 Å². The Labute approximate surface area is 166 Å². The Kier molecular flexibility index (Phi) is 5.94. The van der Waals surface area contributed by atoms with Gasteiger partial charge in [0.1, 0.15) is 0 Å². The molecule has 5 nitrogen and oxygen atoms in total. The molecule has 0 saturated carbocycles. The van der Waals surface area contributed by atoms with E-state index in [2.05, 4.69) is 9.88 Å². The average molecular weight is 380 g/mol. The van der Waals surface area contributed by atoms with Crippen molar-refractivity contribution in [2.75, 3.05) is 13.1 Å². The second-order valence-electron chi connectivity index (χ2n) is 7.76. The molecule has 0 amide bonds. The zero-order valence-electron chi connectivity index (χ0n) is 17.0. The lowest BCUT2D eigenvalue weighted by atomic mass is 9.88. The lowest BCUT2D eigenvalue weighted by molar-refractivity contribution is 0.0710. The molecule has 1 atom stereocenters. The molecule has 0 spiro atoms. The summed E-state index contributed by atoms with van der Waals surface area (Å²) < 4.78 is 0. The van der Waals surface area contributed by atoms with Gasteiger partial charge in [-0.2, -0.15) is 0 Å². The van der Waals surface area contributed by atoms with Gasteiger partial charge < -0.3 is 4.98 Å². The maximum Gasteiger partial charge on any atom is 0.196 e. The van der Waals surface area contributed by atoms with Crippen LogP contribution < -0.4 is 0 Å². The van der Waals surface area contributed by atoms with Crippen molar-refractivity contribution in [3.63, 3.8) is 0 Å². The van der Waals surface area contributed by atoms with Crippen molar-refractivity contribution < 1.29 is 14.4 Å². The largest absolute Gasteiger partial charge is 0.355 e. The van der Waals surface area contributed by atoms with Crippen molar-refractivity contribution in [3.8, 4) is 0 Å². The minimum absolute atomic E-state index is 0.000867. The van der Waals surface area contributed by atoms with Gasteiger partial charge in [-0.05, 0) is 59.2 Å². The molecule has 2 aromatic rings. The summed E-state index contributed by atoms with van der Waals surface area (Å²) in [5.74, 6) is 0.181. The first-order chi connectivity index (χ1) is 13.3. The summed E-state index contributed by atoms with van der Waals surface area (Å²) >= 11 is 0. The number of piperidine rings is 1. The van der Waals surface area contributed by atoms with E-state index in [0.29, 0.717) is 24.3 Å². The maximum absolute atomic E-state index is 13.0. The molecule has 148 valence electrons. The number of rotatable bonds is 6. The molecule has 1 aromatic carbocycles. The lowest BCUT2D eigenvalue weighted by Crippen LogP contribution is -2.45. The summed E-state index contributed by atoms with van der Waals surface area (Å²) in [5.41, 5.74) is 3.38. The first-order valence-corrected chi connectivity index (χ1v) is 9.88. The number of carbonyl (C=O) groups is 3. The highest BCUT2D eigenvalue weighted by Gasteiger charge is 2.32. The number of hydrogen-bond acceptors (Lipinski definition) is 4. The first kappa shape index (κ1) is 20.2. The fourth-order valence-electron chi connectivity index (χ4n) is 4.29. The number of nitrogens with zero attached hydrogens (tertiary/aromatic N) is 1. The Morgan fingerprint density at radius 2 is 1.68 bits per heavy atom. The van der Waals surface area contributed by atoms with Crippen molar-refractivity contribution in [1.82, 2.24) is 9.88 Å². The van der Waals surface area contributed by atoms with Crippen LogP contribution in [0.2, 0.25) is 0 Å². The third-order valence-corrected chi connectivity index (χ3v) is 5.92. The quantitative estimate of drug-likeness (QED) is 0.769. The number of benzene rings is 1. The molecule has 28 heavy (non-hydrogen) atoms. The van der Waals surface area contributed by atoms with Gasteiger partial charge in [0, 0.05) is 22.7 Å². The van der Waals surface area contributed by atoms with Crippen LogP contribution >= 0.6 is 0 Å². The van der Waals surface area contributed by atoms with Gasteiger partial charge in [-0.1, -0.05) is 30.3 Å². The van der Waals surface area contributed by atoms with E-state index < -0.39 is 0 Å². The molecule has 1 aliphatic rings. The fraction of sp³-hybridized carbons (Fsp3) is 0.435. The minimum atomic E-state index is -0.288. The van der Waals surface area contributed by atoms with Crippen LogP contribution in [0.4, 0.5) is 0 Å². The lowest BCUT2D eigenvalue weighted by Gasteiger charge is -2.34. The standard InChI is InChI=1S/C23H28N2O3/c1-14-20(17(4)26)15(2)24-21(14)22(27)16(3)25-12-10-19(11-13-25)23(28)18-8-6-5-7-9-18/h5-9,16,19,24H,10-13H2,1-4H3. The van der Waals surface area contributed by atoms with E-state index in [1.54, 1.807) is 0 Å². The number of hydrogen-bond donors (Lipinski definition) is 1. The summed E-state index contributed by atoms with van der Waals surface area (Å²) in [6.45, 7) is 8.51. The van der Waals surface area contributed by atoms with Gasteiger partial charge in [0.15, 0.2) is 17.3 Å². The van der Waals surface area contributed by atoms with Crippen LogP contribution in [0.1, 0.15) is 69.2 Å². The molecule has 1 aromatic heterocycles. The average Bonchev–Trinajstić information content (AvgIpc) is 3.01. The molecule has 2 heterocycles. The number of aromatic nitrogens is 1. The van der Waals surface area contributed by atoms with Gasteiger partial charge in [0.25, 0.3) is 0 Å². The number of carbonyl (C=O) groups excluding carboxylic acids is 3. The number of aryl methyl sites for hydroxylation is 1. The van der Waals surface area contributed by atoms with Gasteiger partial charge in [-0.25, -0.2) is 0 Å². The van der Waals surface area contributed by atoms with Gasteiger partial charge in [-0.15, -0.1) is 0 Å². The Balaban J connectivity index is 1.66. The summed E-state index contributed by atoms with van der Waals surface area (Å²) in [6, 6.07) is 9.13. The minimum Gasteiger partial charge on any atom is -0.355 e. The van der Waals surface area contributed by atoms with Crippen LogP contribution in [0.15, 0.2) is 30.3 Å². The van der Waals surface area contributed by atoms with E-state index in [9.17, 15) is 14.4 Å². The van der Waals surface area contributed by atoms with E-state index in [0.717, 1.165) is 29.7 Å². The van der Waals surface area contributed by atoms with E-state index in [4.69, 9.17) is 0 Å². The van der Waals surface area contributed by atoms with Crippen molar-refractivity contribution in [2.45, 2.75) is 46.6 Å². The Morgan fingerprint density at radius 1 is 1.07 bits per heavy atom. The molecule has 1 aliphatic heterocycles. The molecule has 1 saturated heterocycles. The molecule has 1 unspecified atom stereocenters. The number of nitrogens with one attached hydrogen (secondary N) is 1. The number of aromatic amines is 1. The molecule has 1 fully saturated rings. The zero-order chi connectivity index (χ0) is 20.4. The second-order valence-corrected chi connectivity index (χ2v) is 7.76. The Bertz CT molecular complexity index is 890. The van der Waals surface area contributed by atoms with Crippen molar-refractivity contribution in [3.05, 3.63) is 58.4 Å². The predicted octanol–water partition coefficient (Wildman–Crippen LogP) is 4.00. The first-order valence-electron chi connectivity index (χ1n) is 9.88. The highest BCUT2D eigenvalue weighted by molar-refractivity contribution is 6.05. The van der Waals surface area contributed by atoms with Crippen LogP contribution in [0.5, 0.6) is 0 Å². The molecule has 3 rings (SSSR count). The third-order valence-electron chi connectivity index (χ3n) is 5.92. The molecule has 1 N–H and O–H groups in total. The number of ketones is 3. The van der Waals surface area contributed by atoms with Crippen LogP contribution in [0, 0.1) is 19.8 Å².